The second-order valence-electron chi connectivity index (χ2n) is 8.52. The third-order valence-electron chi connectivity index (χ3n) is 6.32. The fraction of sp³-hybridized carbons (Fsp3) is 0.370. The van der Waals surface area contributed by atoms with Crippen LogP contribution in [0.15, 0.2) is 47.6 Å². The SMILES string of the molecule is C=C1CCc2c1ccc(CCN(CCNC)CC(C=Nc1ccc(C#N)c(C)n1)=CN)c2C. The molecule has 1 aromatic heterocycles. The van der Waals surface area contributed by atoms with E-state index in [-0.39, 0.29) is 0 Å². The van der Waals surface area contributed by atoms with Crippen LogP contribution in [0.4, 0.5) is 5.82 Å². The maximum Gasteiger partial charge on any atom is 0.152 e. The number of benzene rings is 1. The van der Waals surface area contributed by atoms with Crippen molar-refractivity contribution in [2.24, 2.45) is 10.7 Å². The lowest BCUT2D eigenvalue weighted by atomic mass is 9.96. The highest BCUT2D eigenvalue weighted by Crippen LogP contribution is 2.34. The van der Waals surface area contributed by atoms with Crippen molar-refractivity contribution in [1.29, 1.82) is 5.26 Å². The van der Waals surface area contributed by atoms with Crippen molar-refractivity contribution in [2.45, 2.75) is 33.1 Å². The summed E-state index contributed by atoms with van der Waals surface area (Å²) in [5, 5.41) is 12.3. The monoisotopic (exact) mass is 442 g/mol. The minimum absolute atomic E-state index is 0.563. The third kappa shape index (κ3) is 6.16. The number of fused-ring (bicyclic) bond motifs is 1. The summed E-state index contributed by atoms with van der Waals surface area (Å²) in [6.07, 6.45) is 6.55. The lowest BCUT2D eigenvalue weighted by Crippen LogP contribution is -2.34. The molecule has 0 radical (unpaired) electrons. The van der Waals surface area contributed by atoms with Gasteiger partial charge in [0, 0.05) is 32.4 Å². The second kappa shape index (κ2) is 11.6. The molecule has 0 amide bonds. The quantitative estimate of drug-likeness (QED) is 0.546. The number of rotatable bonds is 10. The minimum Gasteiger partial charge on any atom is -0.404 e. The number of pyridine rings is 1. The van der Waals surface area contributed by atoms with Crippen LogP contribution < -0.4 is 11.1 Å². The standard InChI is InChI=1S/C27H34N6/c1-19-5-8-26-20(2)23(6-9-25(19)26)11-13-33(14-12-30-4)18-22(15-28)17-31-27-10-7-24(16-29)21(3)32-27/h6-7,9-10,15,17,30H,1,5,8,11-14,18,28H2,2-4H3. The van der Waals surface area contributed by atoms with Gasteiger partial charge >= 0.3 is 0 Å². The van der Waals surface area contributed by atoms with Crippen molar-refractivity contribution in [1.82, 2.24) is 15.2 Å². The number of nitrogens with two attached hydrogens (primary N) is 1. The maximum atomic E-state index is 9.07. The third-order valence-corrected chi connectivity index (χ3v) is 6.32. The van der Waals surface area contributed by atoms with E-state index in [1.54, 1.807) is 24.5 Å². The Morgan fingerprint density at radius 2 is 2.09 bits per heavy atom. The van der Waals surface area contributed by atoms with Crippen LogP contribution in [0.25, 0.3) is 5.57 Å². The summed E-state index contributed by atoms with van der Waals surface area (Å²) in [5.74, 6) is 0.572. The molecule has 6 nitrogen and oxygen atoms in total. The molecule has 1 aliphatic rings. The molecule has 172 valence electrons. The molecule has 3 N–H and O–H groups in total. The summed E-state index contributed by atoms with van der Waals surface area (Å²) in [6, 6.07) is 10.1. The lowest BCUT2D eigenvalue weighted by molar-refractivity contribution is 0.304. The Labute approximate surface area is 197 Å². The molecular formula is C27H34N6. The molecule has 0 atom stereocenters. The highest BCUT2D eigenvalue weighted by molar-refractivity contribution is 5.81. The van der Waals surface area contributed by atoms with Crippen LogP contribution in [-0.4, -0.2) is 49.3 Å². The van der Waals surface area contributed by atoms with Gasteiger partial charge in [-0.05, 0) is 91.9 Å². The molecule has 33 heavy (non-hydrogen) atoms. The Hall–Kier alpha value is -3.27. The maximum absolute atomic E-state index is 9.07. The first kappa shape index (κ1) is 24.4. The summed E-state index contributed by atoms with van der Waals surface area (Å²) < 4.78 is 0. The van der Waals surface area contributed by atoms with Gasteiger partial charge in [-0.15, -0.1) is 0 Å². The van der Waals surface area contributed by atoms with Crippen LogP contribution in [0, 0.1) is 25.2 Å². The van der Waals surface area contributed by atoms with E-state index < -0.39 is 0 Å². The van der Waals surface area contributed by atoms with E-state index in [0.29, 0.717) is 23.6 Å². The summed E-state index contributed by atoms with van der Waals surface area (Å²) in [7, 11) is 1.97. The highest BCUT2D eigenvalue weighted by Gasteiger charge is 2.18. The molecule has 0 aliphatic heterocycles. The molecule has 0 fully saturated rings. The zero-order valence-electron chi connectivity index (χ0n) is 20.0. The zero-order chi connectivity index (χ0) is 23.8. The van der Waals surface area contributed by atoms with E-state index >= 15 is 0 Å². The number of likely N-dealkylation sites (N-methyl/N-ethyl adjacent to an activating group) is 1. The van der Waals surface area contributed by atoms with Crippen molar-refractivity contribution >= 4 is 17.6 Å². The van der Waals surface area contributed by atoms with Gasteiger partial charge in [0.2, 0.25) is 0 Å². The first-order chi connectivity index (χ1) is 16.0. The highest BCUT2D eigenvalue weighted by atomic mass is 15.1. The predicted molar refractivity (Wildman–Crippen MR) is 137 cm³/mol. The van der Waals surface area contributed by atoms with Gasteiger partial charge in [-0.25, -0.2) is 9.98 Å². The first-order valence-electron chi connectivity index (χ1n) is 11.5. The summed E-state index contributed by atoms with van der Waals surface area (Å²) >= 11 is 0. The average molecular weight is 443 g/mol. The molecule has 1 aromatic carbocycles. The van der Waals surface area contributed by atoms with Crippen molar-refractivity contribution < 1.29 is 0 Å². The van der Waals surface area contributed by atoms with Gasteiger partial charge in [0.25, 0.3) is 0 Å². The number of hydrogen-bond donors (Lipinski definition) is 2. The molecule has 0 saturated heterocycles. The number of aromatic nitrogens is 1. The molecule has 6 heteroatoms. The summed E-state index contributed by atoms with van der Waals surface area (Å²) in [4.78, 5) is 11.3. The van der Waals surface area contributed by atoms with Crippen molar-refractivity contribution in [3.8, 4) is 6.07 Å². The van der Waals surface area contributed by atoms with Crippen LogP contribution in [0.1, 0.15) is 39.9 Å². The normalized spacial score (nSPS) is 13.7. The van der Waals surface area contributed by atoms with Crippen molar-refractivity contribution in [3.05, 3.63) is 76.1 Å². The Morgan fingerprint density at radius 1 is 1.27 bits per heavy atom. The van der Waals surface area contributed by atoms with E-state index in [0.717, 1.165) is 44.5 Å². The number of nitriles is 1. The van der Waals surface area contributed by atoms with E-state index in [2.05, 4.69) is 51.9 Å². The topological polar surface area (TPSA) is 90.3 Å². The van der Waals surface area contributed by atoms with Crippen LogP contribution >= 0.6 is 0 Å². The Balaban J connectivity index is 1.67. The first-order valence-corrected chi connectivity index (χ1v) is 11.5. The van der Waals surface area contributed by atoms with E-state index in [1.807, 2.05) is 14.0 Å². The fourth-order valence-corrected chi connectivity index (χ4v) is 4.24. The number of nitrogens with zero attached hydrogens (tertiary/aromatic N) is 4. The summed E-state index contributed by atoms with van der Waals surface area (Å²) in [6.45, 7) is 11.7. The van der Waals surface area contributed by atoms with Crippen molar-refractivity contribution in [3.63, 3.8) is 0 Å². The number of allylic oxidation sites excluding steroid dienone is 1. The van der Waals surface area contributed by atoms with Gasteiger partial charge in [-0.3, -0.25) is 4.90 Å². The Bertz CT molecular complexity index is 1110. The molecular weight excluding hydrogens is 408 g/mol. The molecule has 1 aliphatic carbocycles. The van der Waals surface area contributed by atoms with Gasteiger partial charge in [0.05, 0.1) is 11.3 Å². The summed E-state index contributed by atoms with van der Waals surface area (Å²) in [5.41, 5.74) is 15.0. The van der Waals surface area contributed by atoms with Gasteiger partial charge in [-0.1, -0.05) is 18.7 Å². The fourth-order valence-electron chi connectivity index (χ4n) is 4.24. The van der Waals surface area contributed by atoms with Crippen LogP contribution in [0.2, 0.25) is 0 Å². The Kier molecular flexibility index (Phi) is 8.53. The average Bonchev–Trinajstić information content (AvgIpc) is 3.20. The molecule has 1 heterocycles. The smallest absolute Gasteiger partial charge is 0.152 e. The number of nitrogens with one attached hydrogen (secondary N) is 1. The van der Waals surface area contributed by atoms with Gasteiger partial charge < -0.3 is 11.1 Å². The van der Waals surface area contributed by atoms with Gasteiger partial charge in [0.15, 0.2) is 5.82 Å². The minimum atomic E-state index is 0.563. The molecule has 0 saturated carbocycles. The Morgan fingerprint density at radius 3 is 2.79 bits per heavy atom. The van der Waals surface area contributed by atoms with Crippen LogP contribution in [0.3, 0.4) is 0 Å². The van der Waals surface area contributed by atoms with Crippen molar-refractivity contribution in [2.75, 3.05) is 33.2 Å². The predicted octanol–water partition coefficient (Wildman–Crippen LogP) is 3.84. The molecule has 2 aromatic rings. The zero-order valence-corrected chi connectivity index (χ0v) is 20.0. The largest absolute Gasteiger partial charge is 0.404 e. The van der Waals surface area contributed by atoms with Gasteiger partial charge in [-0.2, -0.15) is 5.26 Å². The molecule has 0 spiro atoms. The van der Waals surface area contributed by atoms with E-state index in [1.165, 1.54) is 27.8 Å². The molecule has 0 bridgehead atoms. The van der Waals surface area contributed by atoms with Gasteiger partial charge in [0.1, 0.15) is 6.07 Å². The lowest BCUT2D eigenvalue weighted by Gasteiger charge is -2.23. The number of hydrogen-bond acceptors (Lipinski definition) is 6. The second-order valence-corrected chi connectivity index (χ2v) is 8.52. The number of aliphatic imine (C=N–C) groups is 1. The van der Waals surface area contributed by atoms with E-state index in [4.69, 9.17) is 11.0 Å². The molecule has 3 rings (SSSR count). The van der Waals surface area contributed by atoms with E-state index in [9.17, 15) is 0 Å². The van der Waals surface area contributed by atoms with Crippen LogP contribution in [0.5, 0.6) is 0 Å². The number of aryl methyl sites for hydroxylation is 1. The van der Waals surface area contributed by atoms with Crippen LogP contribution in [-0.2, 0) is 12.8 Å². The molecule has 0 unspecified atom stereocenters.